The third-order valence-electron chi connectivity index (χ3n) is 5.69. The fraction of sp³-hybridized carbons (Fsp3) is 0.500. The number of sulfonamides is 1. The molecule has 0 amide bonds. The summed E-state index contributed by atoms with van der Waals surface area (Å²) in [6.07, 6.45) is 3.27. The van der Waals surface area contributed by atoms with E-state index in [4.69, 9.17) is 11.6 Å². The quantitative estimate of drug-likeness (QED) is 0.502. The molecule has 0 aromatic carbocycles. The number of nitrogens with one attached hydrogen (secondary N) is 1. The van der Waals surface area contributed by atoms with Gasteiger partial charge in [-0.3, -0.25) is 0 Å². The normalized spacial score (nSPS) is 18.8. The van der Waals surface area contributed by atoms with Crippen molar-refractivity contribution in [3.8, 4) is 10.3 Å². The predicted molar refractivity (Wildman–Crippen MR) is 108 cm³/mol. The molecule has 2 saturated carbocycles. The molecule has 0 radical (unpaired) electrons. The zero-order valence-corrected chi connectivity index (χ0v) is 19.2. The van der Waals surface area contributed by atoms with Crippen LogP contribution < -0.4 is 4.72 Å². The van der Waals surface area contributed by atoms with Crippen LogP contribution in [0.15, 0.2) is 17.2 Å². The monoisotopic (exact) mass is 521 g/mol. The standard InChI is InChI=1S/C18H18ClF2N5O2SSe/c1-18(5-6-18)25-29(27,28)10-7-11(19)15-22-12(9-3-2-4-9)13(26(15)8-10)16-23-24-17(30-16)14(20)21/h7-9,14,25H,2-6H2,1H3. The van der Waals surface area contributed by atoms with Crippen molar-refractivity contribution in [1.82, 2.24) is 24.3 Å². The van der Waals surface area contributed by atoms with Gasteiger partial charge in [-0.25, -0.2) is 0 Å². The Kier molecular flexibility index (Phi) is 4.83. The first kappa shape index (κ1) is 20.5. The molecular weight excluding hydrogens is 503 g/mol. The zero-order chi connectivity index (χ0) is 21.3. The Morgan fingerprint density at radius 1 is 1.33 bits per heavy atom. The van der Waals surface area contributed by atoms with Gasteiger partial charge in [0.05, 0.1) is 0 Å². The summed E-state index contributed by atoms with van der Waals surface area (Å²) in [6.45, 7) is 1.85. The van der Waals surface area contributed by atoms with E-state index in [-0.39, 0.29) is 20.4 Å². The van der Waals surface area contributed by atoms with Crippen LogP contribution >= 0.6 is 11.6 Å². The van der Waals surface area contributed by atoms with Crippen molar-refractivity contribution in [2.45, 2.75) is 61.8 Å². The molecule has 0 aliphatic heterocycles. The Morgan fingerprint density at radius 2 is 2.07 bits per heavy atom. The first-order valence-corrected chi connectivity index (χ1v) is 13.1. The van der Waals surface area contributed by atoms with E-state index in [9.17, 15) is 17.2 Å². The summed E-state index contributed by atoms with van der Waals surface area (Å²) in [5.41, 5.74) is 1.24. The molecule has 12 heteroatoms. The number of hydrogen-bond acceptors (Lipinski definition) is 5. The van der Waals surface area contributed by atoms with Crippen molar-refractivity contribution in [3.05, 3.63) is 27.5 Å². The van der Waals surface area contributed by atoms with Crippen LogP contribution in [-0.2, 0) is 10.0 Å². The summed E-state index contributed by atoms with van der Waals surface area (Å²) in [7, 11) is -3.80. The molecule has 2 fully saturated rings. The van der Waals surface area contributed by atoms with E-state index in [0.717, 1.165) is 37.8 Å². The molecule has 5 rings (SSSR count). The Labute approximate surface area is 182 Å². The molecule has 30 heavy (non-hydrogen) atoms. The number of nitrogens with zero attached hydrogens (tertiary/aromatic N) is 4. The molecule has 0 unspecified atom stereocenters. The molecule has 3 aromatic heterocycles. The van der Waals surface area contributed by atoms with E-state index >= 15 is 0 Å². The summed E-state index contributed by atoms with van der Waals surface area (Å²) < 4.78 is 56.6. The van der Waals surface area contributed by atoms with Gasteiger partial charge in [0.2, 0.25) is 0 Å². The van der Waals surface area contributed by atoms with Crippen LogP contribution in [0, 0.1) is 0 Å². The third kappa shape index (κ3) is 3.50. The minimum atomic E-state index is -3.80. The van der Waals surface area contributed by atoms with Crippen molar-refractivity contribution in [2.75, 3.05) is 0 Å². The van der Waals surface area contributed by atoms with Gasteiger partial charge in [-0.05, 0) is 0 Å². The molecule has 7 nitrogen and oxygen atoms in total. The first-order valence-electron chi connectivity index (χ1n) is 9.54. The maximum atomic E-state index is 13.1. The van der Waals surface area contributed by atoms with Crippen molar-refractivity contribution in [2.24, 2.45) is 0 Å². The van der Waals surface area contributed by atoms with Crippen LogP contribution in [-0.4, -0.2) is 48.0 Å². The topological polar surface area (TPSA) is 89.2 Å². The summed E-state index contributed by atoms with van der Waals surface area (Å²) in [5, 5.41) is 7.85. The van der Waals surface area contributed by atoms with E-state index in [1.807, 2.05) is 6.92 Å². The summed E-state index contributed by atoms with van der Waals surface area (Å²) in [5.74, 6) is 0.175. The molecule has 3 heterocycles. The van der Waals surface area contributed by atoms with Crippen molar-refractivity contribution >= 4 is 41.8 Å². The number of rotatable bonds is 6. The van der Waals surface area contributed by atoms with Crippen molar-refractivity contribution in [1.29, 1.82) is 0 Å². The van der Waals surface area contributed by atoms with Crippen LogP contribution in [0.2, 0.25) is 5.02 Å². The van der Waals surface area contributed by atoms with Gasteiger partial charge in [-0.1, -0.05) is 0 Å². The zero-order valence-electron chi connectivity index (χ0n) is 15.9. The molecule has 160 valence electrons. The van der Waals surface area contributed by atoms with E-state index in [1.54, 1.807) is 4.40 Å². The van der Waals surface area contributed by atoms with Crippen LogP contribution in [0.3, 0.4) is 0 Å². The fourth-order valence-electron chi connectivity index (χ4n) is 3.52. The average molecular weight is 521 g/mol. The molecule has 2 aliphatic carbocycles. The minimum absolute atomic E-state index is 0.00744. The maximum absolute atomic E-state index is 13.1. The van der Waals surface area contributed by atoms with Gasteiger partial charge in [-0.15, -0.1) is 0 Å². The Balaban J connectivity index is 1.70. The summed E-state index contributed by atoms with van der Waals surface area (Å²) in [4.78, 5) is 4.67. The SMILES string of the molecule is CC1(NS(=O)(=O)c2cc(Cl)c3nc(C4CCC4)c(-c4nnc(C(F)F)[se]4)n3c2)CC1. The van der Waals surface area contributed by atoms with Crippen LogP contribution in [0.1, 0.15) is 61.6 Å². The fourth-order valence-corrected chi connectivity index (χ4v) is 6.89. The number of aromatic nitrogens is 4. The first-order chi connectivity index (χ1) is 14.2. The number of alkyl halides is 2. The number of pyridine rings is 1. The molecule has 0 spiro atoms. The summed E-state index contributed by atoms with van der Waals surface area (Å²) in [6, 6.07) is 1.38. The number of halogens is 3. The van der Waals surface area contributed by atoms with Gasteiger partial charge in [0.1, 0.15) is 0 Å². The van der Waals surface area contributed by atoms with Gasteiger partial charge in [0.25, 0.3) is 0 Å². The van der Waals surface area contributed by atoms with Gasteiger partial charge < -0.3 is 0 Å². The van der Waals surface area contributed by atoms with E-state index in [2.05, 4.69) is 19.9 Å². The van der Waals surface area contributed by atoms with Crippen LogP contribution in [0.4, 0.5) is 8.78 Å². The second-order valence-electron chi connectivity index (χ2n) is 8.10. The molecular formula is C18H18ClF2N5O2SSe. The predicted octanol–water partition coefficient (Wildman–Crippen LogP) is 3.54. The third-order valence-corrected chi connectivity index (χ3v) is 9.54. The molecule has 3 aromatic rings. The second-order valence-corrected chi connectivity index (χ2v) is 12.3. The van der Waals surface area contributed by atoms with Crippen molar-refractivity contribution < 1.29 is 17.2 Å². The molecule has 0 atom stereocenters. The van der Waals surface area contributed by atoms with E-state index in [0.29, 0.717) is 15.9 Å². The van der Waals surface area contributed by atoms with Gasteiger partial charge in [0, 0.05) is 0 Å². The van der Waals surface area contributed by atoms with Gasteiger partial charge in [0.15, 0.2) is 0 Å². The van der Waals surface area contributed by atoms with Crippen LogP contribution in [0.25, 0.3) is 15.9 Å². The number of imidazole rings is 1. The molecule has 2 aliphatic rings. The molecule has 1 N–H and O–H groups in total. The molecule has 0 bridgehead atoms. The Hall–Kier alpha value is -1.39. The Morgan fingerprint density at radius 3 is 2.63 bits per heavy atom. The van der Waals surface area contributed by atoms with Crippen molar-refractivity contribution in [3.63, 3.8) is 0 Å². The van der Waals surface area contributed by atoms with Gasteiger partial charge >= 0.3 is 183 Å². The average Bonchev–Trinajstić information content (AvgIpc) is 3.04. The Bertz CT molecular complexity index is 1250. The van der Waals surface area contributed by atoms with Gasteiger partial charge in [-0.2, -0.15) is 0 Å². The summed E-state index contributed by atoms with van der Waals surface area (Å²) >= 11 is 5.67. The van der Waals surface area contributed by atoms with E-state index in [1.165, 1.54) is 12.3 Å². The number of hydrogen-bond donors (Lipinski definition) is 1. The van der Waals surface area contributed by atoms with E-state index < -0.39 is 36.5 Å². The number of fused-ring (bicyclic) bond motifs is 1. The van der Waals surface area contributed by atoms with Crippen LogP contribution in [0.5, 0.6) is 0 Å². The second kappa shape index (κ2) is 7.06. The molecule has 0 saturated heterocycles.